The predicted molar refractivity (Wildman–Crippen MR) is 101 cm³/mol. The molecule has 0 amide bonds. The van der Waals surface area contributed by atoms with Crippen LogP contribution in [0.1, 0.15) is 5.56 Å². The molecule has 0 radical (unpaired) electrons. The molecule has 26 heavy (non-hydrogen) atoms. The van der Waals surface area contributed by atoms with Gasteiger partial charge in [-0.3, -0.25) is 0 Å². The summed E-state index contributed by atoms with van der Waals surface area (Å²) < 4.78 is 0. The molecule has 0 aliphatic heterocycles. The van der Waals surface area contributed by atoms with E-state index in [9.17, 15) is 0 Å². The summed E-state index contributed by atoms with van der Waals surface area (Å²) in [6.07, 6.45) is 0. The summed E-state index contributed by atoms with van der Waals surface area (Å²) in [5.41, 5.74) is 1.37. The van der Waals surface area contributed by atoms with Gasteiger partial charge < -0.3 is 24.8 Å². The quantitative estimate of drug-likeness (QED) is 0.299. The summed E-state index contributed by atoms with van der Waals surface area (Å²) in [6, 6.07) is 32.0. The maximum absolute atomic E-state index is 2.24. The second kappa shape index (κ2) is 10.1. The van der Waals surface area contributed by atoms with E-state index in [2.05, 4.69) is 97.9 Å². The fourth-order valence-electron chi connectivity index (χ4n) is 3.21. The SMILES string of the molecule is Cc1c[cH-]c2ccccc12.[Cl-].[Cl-].[Zr+4].c1ccc2c(c1)[cH-]c1ccccc12. The average molecular weight is 457 g/mol. The minimum absolute atomic E-state index is 0. The van der Waals surface area contributed by atoms with Crippen molar-refractivity contribution in [1.82, 2.24) is 0 Å². The Labute approximate surface area is 185 Å². The maximum Gasteiger partial charge on any atom is 4.00 e. The van der Waals surface area contributed by atoms with Crippen molar-refractivity contribution < 1.29 is 51.0 Å². The fourth-order valence-corrected chi connectivity index (χ4v) is 3.21. The molecule has 0 unspecified atom stereocenters. The van der Waals surface area contributed by atoms with Gasteiger partial charge in [-0.05, 0) is 0 Å². The van der Waals surface area contributed by atoms with Gasteiger partial charge in [0.1, 0.15) is 0 Å². The van der Waals surface area contributed by atoms with Crippen LogP contribution in [-0.2, 0) is 26.2 Å². The van der Waals surface area contributed by atoms with Crippen LogP contribution in [0.15, 0.2) is 91.0 Å². The Hall–Kier alpha value is -1.40. The van der Waals surface area contributed by atoms with Gasteiger partial charge in [-0.25, -0.2) is 0 Å². The zero-order valence-corrected chi connectivity index (χ0v) is 18.4. The molecule has 5 aromatic rings. The van der Waals surface area contributed by atoms with Crippen LogP contribution in [0.4, 0.5) is 0 Å². The van der Waals surface area contributed by atoms with E-state index in [-0.39, 0.29) is 51.0 Å². The molecule has 5 aromatic carbocycles. The summed E-state index contributed by atoms with van der Waals surface area (Å²) in [6.45, 7) is 2.14. The Morgan fingerprint density at radius 3 is 1.50 bits per heavy atom. The third-order valence-corrected chi connectivity index (χ3v) is 4.42. The van der Waals surface area contributed by atoms with Gasteiger partial charge in [-0.1, -0.05) is 49.4 Å². The molecule has 0 saturated carbocycles. The molecule has 0 aromatic heterocycles. The summed E-state index contributed by atoms with van der Waals surface area (Å²) in [7, 11) is 0. The van der Waals surface area contributed by atoms with Crippen LogP contribution in [0.25, 0.3) is 32.3 Å². The van der Waals surface area contributed by atoms with Crippen molar-refractivity contribution in [3.05, 3.63) is 96.6 Å². The van der Waals surface area contributed by atoms with E-state index in [1.54, 1.807) is 0 Å². The molecule has 0 fully saturated rings. The number of rotatable bonds is 0. The first-order chi connectivity index (χ1) is 11.3. The van der Waals surface area contributed by atoms with Gasteiger partial charge in [-0.15, -0.1) is 74.8 Å². The molecule has 3 heteroatoms. The Morgan fingerprint density at radius 2 is 1.00 bits per heavy atom. The van der Waals surface area contributed by atoms with Gasteiger partial charge in [-0.2, -0.15) is 11.6 Å². The van der Waals surface area contributed by atoms with Crippen molar-refractivity contribution in [2.75, 3.05) is 0 Å². The van der Waals surface area contributed by atoms with E-state index in [0.29, 0.717) is 0 Å². The molecule has 128 valence electrons. The number of fused-ring (bicyclic) bond motifs is 4. The van der Waals surface area contributed by atoms with Crippen LogP contribution in [0.3, 0.4) is 0 Å². The van der Waals surface area contributed by atoms with Gasteiger partial charge >= 0.3 is 26.2 Å². The van der Waals surface area contributed by atoms with E-state index in [4.69, 9.17) is 0 Å². The summed E-state index contributed by atoms with van der Waals surface area (Å²) in [5, 5.41) is 8.12. The summed E-state index contributed by atoms with van der Waals surface area (Å²) in [4.78, 5) is 0. The third-order valence-electron chi connectivity index (χ3n) is 4.42. The normalized spacial score (nSPS) is 9.58. The van der Waals surface area contributed by atoms with Crippen LogP contribution in [0, 0.1) is 6.92 Å². The first kappa shape index (κ1) is 22.6. The summed E-state index contributed by atoms with van der Waals surface area (Å²) >= 11 is 0. The minimum Gasteiger partial charge on any atom is -1.00 e. The number of aryl methyl sites for hydroxylation is 1. The van der Waals surface area contributed by atoms with E-state index in [1.807, 2.05) is 0 Å². The molecule has 5 rings (SSSR count). The van der Waals surface area contributed by atoms with E-state index >= 15 is 0 Å². The molecule has 0 atom stereocenters. The van der Waals surface area contributed by atoms with Gasteiger partial charge in [0.2, 0.25) is 0 Å². The van der Waals surface area contributed by atoms with Crippen LogP contribution >= 0.6 is 0 Å². The van der Waals surface area contributed by atoms with Crippen molar-refractivity contribution in [3.8, 4) is 0 Å². The largest absolute Gasteiger partial charge is 4.00 e. The summed E-state index contributed by atoms with van der Waals surface area (Å²) in [5.74, 6) is 0. The number of hydrogen-bond donors (Lipinski definition) is 0. The molecule has 0 aliphatic carbocycles. The fraction of sp³-hybridized carbons (Fsp3) is 0.0435. The van der Waals surface area contributed by atoms with Crippen LogP contribution in [-0.4, -0.2) is 0 Å². The van der Waals surface area contributed by atoms with E-state index in [1.165, 1.54) is 37.9 Å². The second-order valence-corrected chi connectivity index (χ2v) is 5.92. The molecule has 0 aliphatic rings. The van der Waals surface area contributed by atoms with Gasteiger partial charge in [0.15, 0.2) is 0 Å². The molecule has 0 nitrogen and oxygen atoms in total. The van der Waals surface area contributed by atoms with Crippen LogP contribution in [0.5, 0.6) is 0 Å². The predicted octanol–water partition coefficient (Wildman–Crippen LogP) is 0.585. The maximum atomic E-state index is 2.24. The van der Waals surface area contributed by atoms with Crippen molar-refractivity contribution in [3.63, 3.8) is 0 Å². The third kappa shape index (κ3) is 4.47. The molecule has 0 N–H and O–H groups in total. The van der Waals surface area contributed by atoms with E-state index < -0.39 is 0 Å². The van der Waals surface area contributed by atoms with E-state index in [0.717, 1.165) is 0 Å². The Balaban J connectivity index is 0.000000239. The molecule has 0 heterocycles. The zero-order chi connectivity index (χ0) is 15.6. The van der Waals surface area contributed by atoms with Gasteiger partial charge in [0, 0.05) is 0 Å². The first-order valence-corrected chi connectivity index (χ1v) is 7.97. The van der Waals surface area contributed by atoms with Crippen molar-refractivity contribution in [2.45, 2.75) is 6.92 Å². The van der Waals surface area contributed by atoms with Crippen LogP contribution in [0.2, 0.25) is 0 Å². The number of hydrogen-bond acceptors (Lipinski definition) is 0. The Kier molecular flexibility index (Phi) is 8.77. The second-order valence-electron chi connectivity index (χ2n) is 5.92. The first-order valence-electron chi connectivity index (χ1n) is 7.97. The van der Waals surface area contributed by atoms with Crippen molar-refractivity contribution in [1.29, 1.82) is 0 Å². The smallest absolute Gasteiger partial charge is 1.00 e. The van der Waals surface area contributed by atoms with Gasteiger partial charge in [0.05, 0.1) is 0 Å². The monoisotopic (exact) mass is 454 g/mol. The topological polar surface area (TPSA) is 0 Å². The molecular formula is C23H18Cl2Zr. The average Bonchev–Trinajstić information content (AvgIpc) is 3.17. The zero-order valence-electron chi connectivity index (χ0n) is 14.4. The van der Waals surface area contributed by atoms with Gasteiger partial charge in [0.25, 0.3) is 0 Å². The van der Waals surface area contributed by atoms with Crippen molar-refractivity contribution >= 4 is 32.3 Å². The van der Waals surface area contributed by atoms with Crippen LogP contribution < -0.4 is 24.8 Å². The Morgan fingerprint density at radius 1 is 0.577 bits per heavy atom. The molecule has 0 bridgehead atoms. The minimum atomic E-state index is 0. The molecule has 0 saturated heterocycles. The number of halogens is 2. The number of benzene rings is 3. The Bertz CT molecular complexity index is 1040. The standard InChI is InChI=1S/C13H9.C10H9.2ClH.Zr/c1-3-7-12-10(5-1)9-11-6-2-4-8-13(11)12;1-8-6-7-9-4-2-3-5-10(8)9;;;/h1-9H;2-7H,1H3;2*1H;/q2*-1;;;+4/p-2. The van der Waals surface area contributed by atoms with Crippen molar-refractivity contribution in [2.24, 2.45) is 0 Å². The molecular weight excluding hydrogens is 438 g/mol. The molecule has 0 spiro atoms.